The van der Waals surface area contributed by atoms with Crippen LogP contribution in [0.5, 0.6) is 0 Å². The van der Waals surface area contributed by atoms with Crippen LogP contribution in [0.3, 0.4) is 0 Å². The maximum absolute atomic E-state index is 2.50. The van der Waals surface area contributed by atoms with Gasteiger partial charge in [0.05, 0.1) is 11.4 Å². The van der Waals surface area contributed by atoms with Gasteiger partial charge in [0.1, 0.15) is 0 Å². The molecule has 0 N–H and O–H groups in total. The molecule has 0 atom stereocenters. The lowest BCUT2D eigenvalue weighted by atomic mass is 9.82. The van der Waals surface area contributed by atoms with Gasteiger partial charge in [-0.15, -0.1) is 0 Å². The Hall–Kier alpha value is -6.96. The Balaban J connectivity index is 1.13. The first-order valence-corrected chi connectivity index (χ1v) is 19.6. The van der Waals surface area contributed by atoms with E-state index in [9.17, 15) is 0 Å². The summed E-state index contributed by atoms with van der Waals surface area (Å²) < 4.78 is 0. The second kappa shape index (κ2) is 12.5. The summed E-state index contributed by atoms with van der Waals surface area (Å²) in [6.45, 7) is 4.72. The summed E-state index contributed by atoms with van der Waals surface area (Å²) in [6.07, 6.45) is 0. The van der Waals surface area contributed by atoms with Crippen molar-refractivity contribution in [1.82, 2.24) is 0 Å². The van der Waals surface area contributed by atoms with Gasteiger partial charge in [-0.2, -0.15) is 0 Å². The molecule has 1 aliphatic carbocycles. The van der Waals surface area contributed by atoms with E-state index in [1.165, 1.54) is 93.3 Å². The molecule has 10 aromatic carbocycles. The third-order valence-corrected chi connectivity index (χ3v) is 12.2. The van der Waals surface area contributed by atoms with Crippen molar-refractivity contribution < 1.29 is 0 Å². The van der Waals surface area contributed by atoms with Crippen LogP contribution in [-0.4, -0.2) is 0 Å². The van der Waals surface area contributed by atoms with Crippen LogP contribution in [0, 0.1) is 0 Å². The number of rotatable bonds is 5. The average Bonchev–Trinajstić information content (AvgIpc) is 3.50. The maximum Gasteiger partial charge on any atom is 0.0543 e. The van der Waals surface area contributed by atoms with Crippen molar-refractivity contribution in [2.75, 3.05) is 4.90 Å². The minimum atomic E-state index is -0.113. The van der Waals surface area contributed by atoms with E-state index in [2.05, 4.69) is 219 Å². The number of nitrogens with zero attached hydrogens (tertiary/aromatic N) is 1. The summed E-state index contributed by atoms with van der Waals surface area (Å²) in [5, 5.41) is 10.2. The first kappa shape index (κ1) is 32.5. The molecule has 1 heteroatoms. The summed E-state index contributed by atoms with van der Waals surface area (Å²) in [6, 6.07) is 74.0. The molecule has 0 aromatic heterocycles. The molecule has 10 aromatic rings. The SMILES string of the molecule is CC1(C)c2ccccc2-c2c(N(c3ccc(-c4cc5ccc6ccccc6c5c5ccccc45)cc3)c3ccccc3-c3ccc4ccccc4c3)cccc21. The molecular formula is C55H39N. The van der Waals surface area contributed by atoms with E-state index >= 15 is 0 Å². The highest BCUT2D eigenvalue weighted by atomic mass is 15.1. The van der Waals surface area contributed by atoms with Crippen molar-refractivity contribution in [2.45, 2.75) is 19.3 Å². The van der Waals surface area contributed by atoms with Crippen molar-refractivity contribution in [3.63, 3.8) is 0 Å². The van der Waals surface area contributed by atoms with Crippen molar-refractivity contribution in [2.24, 2.45) is 0 Å². The molecule has 1 nitrogen and oxygen atoms in total. The molecule has 264 valence electrons. The summed E-state index contributed by atoms with van der Waals surface area (Å²) in [7, 11) is 0. The lowest BCUT2D eigenvalue weighted by molar-refractivity contribution is 0.660. The number of hydrogen-bond acceptors (Lipinski definition) is 1. The van der Waals surface area contributed by atoms with Gasteiger partial charge in [0, 0.05) is 22.2 Å². The summed E-state index contributed by atoms with van der Waals surface area (Å²) in [4.78, 5) is 2.50. The van der Waals surface area contributed by atoms with E-state index in [1.807, 2.05) is 0 Å². The lowest BCUT2D eigenvalue weighted by Crippen LogP contribution is -2.16. The Labute approximate surface area is 327 Å². The van der Waals surface area contributed by atoms with Crippen LogP contribution in [0.2, 0.25) is 0 Å². The Bertz CT molecular complexity index is 3170. The Morgan fingerprint density at radius 3 is 1.79 bits per heavy atom. The van der Waals surface area contributed by atoms with E-state index in [0.29, 0.717) is 0 Å². The monoisotopic (exact) mass is 713 g/mol. The van der Waals surface area contributed by atoms with Gasteiger partial charge in [-0.05, 0) is 113 Å². The quantitative estimate of drug-likeness (QED) is 0.161. The molecular weight excluding hydrogens is 675 g/mol. The molecule has 0 radical (unpaired) electrons. The van der Waals surface area contributed by atoms with E-state index in [-0.39, 0.29) is 5.41 Å². The normalized spacial score (nSPS) is 13.0. The Morgan fingerprint density at radius 1 is 0.357 bits per heavy atom. The van der Waals surface area contributed by atoms with Crippen molar-refractivity contribution in [1.29, 1.82) is 0 Å². The topological polar surface area (TPSA) is 3.24 Å². The smallest absolute Gasteiger partial charge is 0.0543 e. The largest absolute Gasteiger partial charge is 0.309 e. The van der Waals surface area contributed by atoms with E-state index in [0.717, 1.165) is 11.4 Å². The van der Waals surface area contributed by atoms with Crippen molar-refractivity contribution in [3.8, 4) is 33.4 Å². The van der Waals surface area contributed by atoms with Gasteiger partial charge in [0.25, 0.3) is 0 Å². The highest BCUT2D eigenvalue weighted by Gasteiger charge is 2.38. The fourth-order valence-corrected chi connectivity index (χ4v) is 9.51. The van der Waals surface area contributed by atoms with Crippen LogP contribution in [0.1, 0.15) is 25.0 Å². The van der Waals surface area contributed by atoms with E-state index in [1.54, 1.807) is 0 Å². The van der Waals surface area contributed by atoms with Crippen molar-refractivity contribution in [3.05, 3.63) is 211 Å². The van der Waals surface area contributed by atoms with Gasteiger partial charge in [0.15, 0.2) is 0 Å². The van der Waals surface area contributed by atoms with E-state index in [4.69, 9.17) is 0 Å². The molecule has 0 fully saturated rings. The summed E-state index contributed by atoms with van der Waals surface area (Å²) in [5.74, 6) is 0. The first-order chi connectivity index (χ1) is 27.5. The predicted octanol–water partition coefficient (Wildman–Crippen LogP) is 15.4. The maximum atomic E-state index is 2.50. The number of hydrogen-bond donors (Lipinski definition) is 0. The first-order valence-electron chi connectivity index (χ1n) is 19.6. The zero-order chi connectivity index (χ0) is 37.4. The lowest BCUT2D eigenvalue weighted by Gasteiger charge is -2.30. The molecule has 0 aliphatic heterocycles. The molecule has 0 unspecified atom stereocenters. The highest BCUT2D eigenvalue weighted by Crippen LogP contribution is 2.55. The summed E-state index contributed by atoms with van der Waals surface area (Å²) in [5.41, 5.74) is 13.5. The molecule has 0 spiro atoms. The molecule has 0 heterocycles. The molecule has 0 amide bonds. The number of anilines is 3. The van der Waals surface area contributed by atoms with Crippen LogP contribution in [-0.2, 0) is 5.41 Å². The van der Waals surface area contributed by atoms with Crippen LogP contribution in [0.4, 0.5) is 17.1 Å². The van der Waals surface area contributed by atoms with Crippen molar-refractivity contribution >= 4 is 60.2 Å². The van der Waals surface area contributed by atoms with Crippen LogP contribution in [0.15, 0.2) is 200 Å². The van der Waals surface area contributed by atoms with Gasteiger partial charge < -0.3 is 4.90 Å². The fourth-order valence-electron chi connectivity index (χ4n) is 9.51. The van der Waals surface area contributed by atoms with Crippen LogP contribution < -0.4 is 4.90 Å². The number of para-hydroxylation sites is 1. The van der Waals surface area contributed by atoms with Gasteiger partial charge in [-0.3, -0.25) is 0 Å². The molecule has 0 saturated carbocycles. The van der Waals surface area contributed by atoms with Gasteiger partial charge in [0.2, 0.25) is 0 Å². The molecule has 56 heavy (non-hydrogen) atoms. The second-order valence-electron chi connectivity index (χ2n) is 15.7. The standard InChI is InChI=1S/C55H39N/c1-55(2)49-22-11-9-21-47(49)54-50(55)23-13-25-52(54)56(51-24-12-10-17-43(51)40-28-26-36-14-3-4-16-39(36)34-40)42-32-30-38(31-33-42)48-35-41-29-27-37-15-5-6-18-44(37)53(41)46-20-8-7-19-45(46)48/h3-35H,1-2H3. The summed E-state index contributed by atoms with van der Waals surface area (Å²) >= 11 is 0. The average molecular weight is 714 g/mol. The highest BCUT2D eigenvalue weighted by molar-refractivity contribution is 6.23. The fraction of sp³-hybridized carbons (Fsp3) is 0.0545. The third kappa shape index (κ3) is 4.94. The Kier molecular flexibility index (Phi) is 7.28. The number of benzene rings is 10. The van der Waals surface area contributed by atoms with Gasteiger partial charge in [-0.1, -0.05) is 178 Å². The predicted molar refractivity (Wildman–Crippen MR) is 240 cm³/mol. The molecule has 0 saturated heterocycles. The zero-order valence-corrected chi connectivity index (χ0v) is 31.5. The third-order valence-electron chi connectivity index (χ3n) is 12.2. The number of fused-ring (bicyclic) bond motifs is 9. The van der Waals surface area contributed by atoms with Crippen LogP contribution >= 0.6 is 0 Å². The van der Waals surface area contributed by atoms with Gasteiger partial charge >= 0.3 is 0 Å². The van der Waals surface area contributed by atoms with Gasteiger partial charge in [-0.25, -0.2) is 0 Å². The van der Waals surface area contributed by atoms with Crippen LogP contribution in [0.25, 0.3) is 76.5 Å². The van der Waals surface area contributed by atoms with E-state index < -0.39 is 0 Å². The minimum absolute atomic E-state index is 0.113. The zero-order valence-electron chi connectivity index (χ0n) is 31.5. The molecule has 0 bridgehead atoms. The molecule has 11 rings (SSSR count). The molecule has 1 aliphatic rings. The second-order valence-corrected chi connectivity index (χ2v) is 15.7. The minimum Gasteiger partial charge on any atom is -0.309 e. The Morgan fingerprint density at radius 2 is 0.946 bits per heavy atom.